The van der Waals surface area contributed by atoms with E-state index in [2.05, 4.69) is 9.97 Å². The number of aliphatic hydroxyl groups excluding tert-OH is 1. The summed E-state index contributed by atoms with van der Waals surface area (Å²) in [6.45, 7) is 0.805. The Morgan fingerprint density at radius 3 is 2.60 bits per heavy atom. The van der Waals surface area contributed by atoms with E-state index in [1.165, 1.54) is 4.90 Å². The van der Waals surface area contributed by atoms with Crippen molar-refractivity contribution in [3.8, 4) is 0 Å². The second-order valence-electron chi connectivity index (χ2n) is 5.05. The summed E-state index contributed by atoms with van der Waals surface area (Å²) in [5, 5.41) is 9.62. The van der Waals surface area contributed by atoms with Crippen LogP contribution in [0.1, 0.15) is 18.5 Å². The first-order valence-corrected chi connectivity index (χ1v) is 6.34. The molecule has 0 aromatic carbocycles. The minimum Gasteiger partial charge on any atom is -0.391 e. The molecule has 1 saturated heterocycles. The highest BCUT2D eigenvalue weighted by Gasteiger charge is 2.35. The van der Waals surface area contributed by atoms with Crippen LogP contribution < -0.4 is 9.80 Å². The van der Waals surface area contributed by atoms with Crippen LogP contribution >= 0.6 is 0 Å². The lowest BCUT2D eigenvalue weighted by molar-refractivity contribution is -0.141. The smallest absolute Gasteiger partial charge is 0.391 e. The van der Waals surface area contributed by atoms with E-state index in [4.69, 9.17) is 0 Å². The number of β-amino-alcohol motifs (C(OH)–C–C–N with tert-alkyl or cyclic N) is 1. The van der Waals surface area contributed by atoms with Crippen molar-refractivity contribution in [2.45, 2.75) is 25.1 Å². The van der Waals surface area contributed by atoms with Gasteiger partial charge in [-0.1, -0.05) is 0 Å². The van der Waals surface area contributed by atoms with E-state index in [1.807, 2.05) is 0 Å². The van der Waals surface area contributed by atoms with Gasteiger partial charge < -0.3 is 14.9 Å². The van der Waals surface area contributed by atoms with Crippen LogP contribution in [0.15, 0.2) is 6.07 Å². The molecule has 112 valence electrons. The van der Waals surface area contributed by atoms with Crippen LogP contribution in [0.2, 0.25) is 0 Å². The lowest BCUT2D eigenvalue weighted by Crippen LogP contribution is -2.39. The lowest BCUT2D eigenvalue weighted by Gasteiger charge is -2.31. The Kier molecular flexibility index (Phi) is 4.03. The van der Waals surface area contributed by atoms with Crippen molar-refractivity contribution in [2.24, 2.45) is 0 Å². The van der Waals surface area contributed by atoms with E-state index in [9.17, 15) is 18.3 Å². The van der Waals surface area contributed by atoms with Crippen molar-refractivity contribution < 1.29 is 18.3 Å². The fraction of sp³-hybridized carbons (Fsp3) is 0.667. The molecule has 0 amide bonds. The molecule has 0 aliphatic carbocycles. The molecule has 1 aromatic heterocycles. The number of aliphatic hydroxyl groups is 1. The van der Waals surface area contributed by atoms with Crippen molar-refractivity contribution >= 4 is 11.8 Å². The minimum atomic E-state index is -4.52. The Balaban J connectivity index is 2.38. The Bertz CT molecular complexity index is 478. The molecule has 20 heavy (non-hydrogen) atoms. The van der Waals surface area contributed by atoms with Crippen LogP contribution in [0.3, 0.4) is 0 Å². The molecule has 1 fully saturated rings. The maximum atomic E-state index is 12.9. The molecule has 0 radical (unpaired) electrons. The third kappa shape index (κ3) is 3.30. The summed E-state index contributed by atoms with van der Waals surface area (Å²) < 4.78 is 38.6. The summed E-state index contributed by atoms with van der Waals surface area (Å²) in [4.78, 5) is 10.8. The number of rotatable bonds is 2. The maximum Gasteiger partial charge on any atom is 0.433 e. The summed E-state index contributed by atoms with van der Waals surface area (Å²) in [6.07, 6.45) is -3.71. The van der Waals surface area contributed by atoms with E-state index in [-0.39, 0.29) is 18.3 Å². The van der Waals surface area contributed by atoms with Crippen molar-refractivity contribution in [1.29, 1.82) is 0 Å². The van der Waals surface area contributed by atoms with Gasteiger partial charge in [-0.05, 0) is 12.8 Å². The second kappa shape index (κ2) is 5.43. The van der Waals surface area contributed by atoms with E-state index >= 15 is 0 Å². The van der Waals surface area contributed by atoms with Gasteiger partial charge in [0.25, 0.3) is 0 Å². The molecule has 0 saturated carbocycles. The zero-order chi connectivity index (χ0) is 14.9. The Morgan fingerprint density at radius 2 is 2.05 bits per heavy atom. The predicted octanol–water partition coefficient (Wildman–Crippen LogP) is 1.52. The number of nitrogens with zero attached hydrogens (tertiary/aromatic N) is 4. The molecule has 1 N–H and O–H groups in total. The van der Waals surface area contributed by atoms with Gasteiger partial charge in [-0.25, -0.2) is 4.98 Å². The molecule has 1 aliphatic heterocycles. The number of anilines is 2. The van der Waals surface area contributed by atoms with Gasteiger partial charge in [0.15, 0.2) is 5.69 Å². The van der Waals surface area contributed by atoms with Gasteiger partial charge in [-0.15, -0.1) is 0 Å². The second-order valence-corrected chi connectivity index (χ2v) is 5.05. The lowest BCUT2D eigenvalue weighted by atomic mass is 10.1. The van der Waals surface area contributed by atoms with Crippen molar-refractivity contribution in [3.63, 3.8) is 0 Å². The third-order valence-electron chi connectivity index (χ3n) is 3.13. The highest BCUT2D eigenvalue weighted by atomic mass is 19.4. The first-order valence-electron chi connectivity index (χ1n) is 6.34. The zero-order valence-electron chi connectivity index (χ0n) is 11.4. The fourth-order valence-electron chi connectivity index (χ4n) is 2.07. The van der Waals surface area contributed by atoms with Crippen molar-refractivity contribution in [1.82, 2.24) is 9.97 Å². The van der Waals surface area contributed by atoms with Gasteiger partial charge in [-0.2, -0.15) is 18.2 Å². The van der Waals surface area contributed by atoms with E-state index in [0.717, 1.165) is 6.07 Å². The van der Waals surface area contributed by atoms with Gasteiger partial charge in [-0.3, -0.25) is 0 Å². The number of hydrogen-bond donors (Lipinski definition) is 1. The van der Waals surface area contributed by atoms with Gasteiger partial charge in [0.2, 0.25) is 5.95 Å². The number of aromatic nitrogens is 2. The first kappa shape index (κ1) is 14.8. The van der Waals surface area contributed by atoms with Crippen LogP contribution in [0.5, 0.6) is 0 Å². The standard InChI is InChI=1S/C12H17F3N4O/c1-18(2)10-6-9(12(13,14)15)16-11(17-10)19-5-3-4-8(20)7-19/h6,8,20H,3-5,7H2,1-2H3. The number of halogens is 3. The molecule has 0 spiro atoms. The number of alkyl halides is 3. The monoisotopic (exact) mass is 290 g/mol. The van der Waals surface area contributed by atoms with Crippen molar-refractivity contribution in [3.05, 3.63) is 11.8 Å². The molecule has 2 rings (SSSR count). The normalized spacial score (nSPS) is 20.1. The van der Waals surface area contributed by atoms with Crippen LogP contribution in [-0.2, 0) is 6.18 Å². The van der Waals surface area contributed by atoms with Gasteiger partial charge in [0, 0.05) is 33.3 Å². The van der Waals surface area contributed by atoms with E-state index < -0.39 is 18.0 Å². The molecule has 2 heterocycles. The zero-order valence-corrected chi connectivity index (χ0v) is 11.4. The molecule has 0 bridgehead atoms. The topological polar surface area (TPSA) is 52.5 Å². The highest BCUT2D eigenvalue weighted by molar-refractivity contribution is 5.45. The van der Waals surface area contributed by atoms with Crippen LogP contribution in [0, 0.1) is 0 Å². The Labute approximate surface area is 115 Å². The summed E-state index contributed by atoms with van der Waals surface area (Å²) in [5.74, 6) is 0.213. The quantitative estimate of drug-likeness (QED) is 0.895. The number of piperidine rings is 1. The SMILES string of the molecule is CN(C)c1cc(C(F)(F)F)nc(N2CCCC(O)C2)n1. The molecule has 1 atom stereocenters. The average Bonchev–Trinajstić information content (AvgIpc) is 2.37. The third-order valence-corrected chi connectivity index (χ3v) is 3.13. The number of hydrogen-bond acceptors (Lipinski definition) is 5. The summed E-state index contributed by atoms with van der Waals surface area (Å²) in [6, 6.07) is 0.921. The van der Waals surface area contributed by atoms with E-state index in [0.29, 0.717) is 19.4 Å². The van der Waals surface area contributed by atoms with Gasteiger partial charge in [0.1, 0.15) is 5.82 Å². The molecule has 1 aromatic rings. The van der Waals surface area contributed by atoms with Crippen LogP contribution in [0.4, 0.5) is 24.9 Å². The van der Waals surface area contributed by atoms with Crippen molar-refractivity contribution in [2.75, 3.05) is 37.0 Å². The highest BCUT2D eigenvalue weighted by Crippen LogP contribution is 2.31. The summed E-state index contributed by atoms with van der Waals surface area (Å²) in [5.41, 5.74) is -0.966. The molecule has 1 aliphatic rings. The molecule has 1 unspecified atom stereocenters. The molecule has 8 heteroatoms. The minimum absolute atomic E-state index is 0.0160. The van der Waals surface area contributed by atoms with E-state index in [1.54, 1.807) is 19.0 Å². The molecular weight excluding hydrogens is 273 g/mol. The maximum absolute atomic E-state index is 12.9. The Hall–Kier alpha value is -1.57. The van der Waals surface area contributed by atoms with Crippen LogP contribution in [-0.4, -0.2) is 48.4 Å². The predicted molar refractivity (Wildman–Crippen MR) is 68.8 cm³/mol. The van der Waals surface area contributed by atoms with Crippen LogP contribution in [0.25, 0.3) is 0 Å². The van der Waals surface area contributed by atoms with Gasteiger partial charge >= 0.3 is 6.18 Å². The largest absolute Gasteiger partial charge is 0.433 e. The summed E-state index contributed by atoms with van der Waals surface area (Å²) in [7, 11) is 3.24. The first-order chi connectivity index (χ1) is 9.27. The average molecular weight is 290 g/mol. The Morgan fingerprint density at radius 1 is 1.35 bits per heavy atom. The fourth-order valence-corrected chi connectivity index (χ4v) is 2.07. The molecule has 5 nitrogen and oxygen atoms in total. The summed E-state index contributed by atoms with van der Waals surface area (Å²) >= 11 is 0. The van der Waals surface area contributed by atoms with Gasteiger partial charge in [0.05, 0.1) is 6.10 Å². The molecular formula is C12H17F3N4O.